The Bertz CT molecular complexity index is 496. The van der Waals surface area contributed by atoms with Crippen LogP contribution in [0.25, 0.3) is 0 Å². The second-order valence-corrected chi connectivity index (χ2v) is 4.83. The van der Waals surface area contributed by atoms with Crippen LogP contribution in [0.3, 0.4) is 0 Å². The zero-order chi connectivity index (χ0) is 13.7. The predicted molar refractivity (Wildman–Crippen MR) is 74.2 cm³/mol. The van der Waals surface area contributed by atoms with Crippen LogP contribution in [0, 0.1) is 0 Å². The van der Waals surface area contributed by atoms with Gasteiger partial charge in [0.05, 0.1) is 0 Å². The largest absolute Gasteiger partial charge is 0.370 e. The van der Waals surface area contributed by atoms with Crippen molar-refractivity contribution >= 4 is 11.3 Å². The first kappa shape index (κ1) is 14.1. The average Bonchev–Trinajstić information content (AvgIpc) is 2.92. The first-order chi connectivity index (χ1) is 9.30. The van der Waals surface area contributed by atoms with E-state index in [1.807, 2.05) is 35.7 Å². The molecular weight excluding hydrogens is 262 g/mol. The number of ether oxygens (including phenoxy) is 3. The van der Waals surface area contributed by atoms with Crippen molar-refractivity contribution < 1.29 is 14.2 Å². The summed E-state index contributed by atoms with van der Waals surface area (Å²) in [4.78, 5) is 4.54. The van der Waals surface area contributed by atoms with E-state index in [0.29, 0.717) is 0 Å². The Hall–Kier alpha value is -1.27. The van der Waals surface area contributed by atoms with Crippen molar-refractivity contribution in [2.75, 3.05) is 21.3 Å². The Kier molecular flexibility index (Phi) is 5.04. The molecule has 1 heterocycles. The van der Waals surface area contributed by atoms with E-state index in [0.717, 1.165) is 16.3 Å². The molecule has 102 valence electrons. The van der Waals surface area contributed by atoms with Gasteiger partial charge in [0.2, 0.25) is 6.29 Å². The van der Waals surface area contributed by atoms with Crippen molar-refractivity contribution in [3.8, 4) is 0 Å². The van der Waals surface area contributed by atoms with Gasteiger partial charge in [0.1, 0.15) is 16.8 Å². The molecule has 0 saturated heterocycles. The molecular formula is C14H17NO3S. The Morgan fingerprint density at radius 1 is 1.00 bits per heavy atom. The standard InChI is InChI=1S/C14H17NO3S/c1-16-12(10-7-5-4-6-8-10)13-15-11(9-19-13)14(17-2)18-3/h4-9,12,14H,1-3H3. The third kappa shape index (κ3) is 3.19. The number of hydrogen-bond acceptors (Lipinski definition) is 5. The van der Waals surface area contributed by atoms with Crippen LogP contribution in [0.1, 0.15) is 28.7 Å². The molecule has 0 fully saturated rings. The summed E-state index contributed by atoms with van der Waals surface area (Å²) in [6, 6.07) is 10.0. The topological polar surface area (TPSA) is 40.6 Å². The van der Waals surface area contributed by atoms with Crippen LogP contribution in [-0.2, 0) is 14.2 Å². The third-order valence-corrected chi connectivity index (χ3v) is 3.68. The Morgan fingerprint density at radius 3 is 2.26 bits per heavy atom. The highest BCUT2D eigenvalue weighted by atomic mass is 32.1. The smallest absolute Gasteiger partial charge is 0.201 e. The van der Waals surface area contributed by atoms with Gasteiger partial charge in [0.15, 0.2) is 0 Å². The lowest BCUT2D eigenvalue weighted by Gasteiger charge is -2.13. The Labute approximate surface area is 117 Å². The normalized spacial score (nSPS) is 12.8. The second-order valence-electron chi connectivity index (χ2n) is 3.94. The predicted octanol–water partition coefficient (Wildman–Crippen LogP) is 3.17. The van der Waals surface area contributed by atoms with Gasteiger partial charge in [-0.05, 0) is 5.56 Å². The lowest BCUT2D eigenvalue weighted by atomic mass is 10.1. The van der Waals surface area contributed by atoms with Crippen LogP contribution >= 0.6 is 11.3 Å². The molecule has 19 heavy (non-hydrogen) atoms. The van der Waals surface area contributed by atoms with Crippen molar-refractivity contribution in [2.24, 2.45) is 0 Å². The van der Waals surface area contributed by atoms with Gasteiger partial charge in [-0.15, -0.1) is 11.3 Å². The van der Waals surface area contributed by atoms with Crippen molar-refractivity contribution in [1.29, 1.82) is 0 Å². The Morgan fingerprint density at radius 2 is 1.68 bits per heavy atom. The van der Waals surface area contributed by atoms with Gasteiger partial charge in [0.25, 0.3) is 0 Å². The van der Waals surface area contributed by atoms with Crippen LogP contribution in [0.15, 0.2) is 35.7 Å². The summed E-state index contributed by atoms with van der Waals surface area (Å²) in [5.41, 5.74) is 1.85. The van der Waals surface area contributed by atoms with E-state index in [1.54, 1.807) is 32.7 Å². The van der Waals surface area contributed by atoms with E-state index in [4.69, 9.17) is 14.2 Å². The van der Waals surface area contributed by atoms with Crippen molar-refractivity contribution in [3.63, 3.8) is 0 Å². The molecule has 2 rings (SSSR count). The fourth-order valence-corrected chi connectivity index (χ4v) is 2.79. The fraction of sp³-hybridized carbons (Fsp3) is 0.357. The number of rotatable bonds is 6. The molecule has 0 aliphatic rings. The van der Waals surface area contributed by atoms with Crippen LogP contribution < -0.4 is 0 Å². The van der Waals surface area contributed by atoms with Gasteiger partial charge in [-0.2, -0.15) is 0 Å². The molecule has 2 aromatic rings. The molecule has 1 aromatic heterocycles. The second kappa shape index (κ2) is 6.77. The summed E-state index contributed by atoms with van der Waals surface area (Å²) >= 11 is 1.54. The van der Waals surface area contributed by atoms with E-state index < -0.39 is 6.29 Å². The lowest BCUT2D eigenvalue weighted by molar-refractivity contribution is -0.108. The van der Waals surface area contributed by atoms with Crippen LogP contribution in [-0.4, -0.2) is 26.3 Å². The minimum atomic E-state index is -0.432. The lowest BCUT2D eigenvalue weighted by Crippen LogP contribution is -2.06. The summed E-state index contributed by atoms with van der Waals surface area (Å²) in [5, 5.41) is 2.82. The van der Waals surface area contributed by atoms with Crippen LogP contribution in [0.5, 0.6) is 0 Å². The molecule has 1 aromatic carbocycles. The SMILES string of the molecule is COC(OC)c1csc(C(OC)c2ccccc2)n1. The van der Waals surface area contributed by atoms with Gasteiger partial charge in [-0.1, -0.05) is 30.3 Å². The molecule has 0 radical (unpaired) electrons. The quantitative estimate of drug-likeness (QED) is 0.762. The highest BCUT2D eigenvalue weighted by molar-refractivity contribution is 7.09. The molecule has 0 bridgehead atoms. The third-order valence-electron chi connectivity index (χ3n) is 2.77. The van der Waals surface area contributed by atoms with Crippen molar-refractivity contribution in [3.05, 3.63) is 52.0 Å². The summed E-state index contributed by atoms with van der Waals surface area (Å²) in [6.45, 7) is 0. The molecule has 1 atom stereocenters. The van der Waals surface area contributed by atoms with Gasteiger partial charge >= 0.3 is 0 Å². The van der Waals surface area contributed by atoms with Gasteiger partial charge in [-0.25, -0.2) is 4.98 Å². The maximum atomic E-state index is 5.55. The van der Waals surface area contributed by atoms with Crippen molar-refractivity contribution in [1.82, 2.24) is 4.98 Å². The van der Waals surface area contributed by atoms with Gasteiger partial charge < -0.3 is 14.2 Å². The monoisotopic (exact) mass is 279 g/mol. The van der Waals surface area contributed by atoms with Crippen LogP contribution in [0.4, 0.5) is 0 Å². The number of aromatic nitrogens is 1. The maximum Gasteiger partial charge on any atom is 0.201 e. The van der Waals surface area contributed by atoms with Gasteiger partial charge in [-0.3, -0.25) is 0 Å². The molecule has 0 aliphatic heterocycles. The molecule has 0 spiro atoms. The summed E-state index contributed by atoms with van der Waals surface area (Å²) in [6.07, 6.45) is -0.590. The van der Waals surface area contributed by atoms with E-state index >= 15 is 0 Å². The van der Waals surface area contributed by atoms with Crippen LogP contribution in [0.2, 0.25) is 0 Å². The van der Waals surface area contributed by atoms with E-state index in [2.05, 4.69) is 4.98 Å². The highest BCUT2D eigenvalue weighted by Crippen LogP contribution is 2.30. The van der Waals surface area contributed by atoms with E-state index in [-0.39, 0.29) is 6.10 Å². The molecule has 0 N–H and O–H groups in total. The number of thiazole rings is 1. The number of methoxy groups -OCH3 is 3. The highest BCUT2D eigenvalue weighted by Gasteiger charge is 2.20. The zero-order valence-corrected chi connectivity index (χ0v) is 12.0. The molecule has 0 saturated carbocycles. The zero-order valence-electron chi connectivity index (χ0n) is 11.2. The molecule has 5 heteroatoms. The number of benzene rings is 1. The molecule has 4 nitrogen and oxygen atoms in total. The first-order valence-corrected chi connectivity index (χ1v) is 6.76. The maximum absolute atomic E-state index is 5.55. The number of hydrogen-bond donors (Lipinski definition) is 0. The number of nitrogens with zero attached hydrogens (tertiary/aromatic N) is 1. The molecule has 0 amide bonds. The van der Waals surface area contributed by atoms with E-state index in [1.165, 1.54) is 0 Å². The summed E-state index contributed by atoms with van der Waals surface area (Å²) in [5.74, 6) is 0. The van der Waals surface area contributed by atoms with E-state index in [9.17, 15) is 0 Å². The van der Waals surface area contributed by atoms with Crippen molar-refractivity contribution in [2.45, 2.75) is 12.4 Å². The minimum absolute atomic E-state index is 0.158. The molecule has 0 aliphatic carbocycles. The Balaban J connectivity index is 2.25. The summed E-state index contributed by atoms with van der Waals surface area (Å²) in [7, 11) is 4.87. The van der Waals surface area contributed by atoms with Gasteiger partial charge in [0, 0.05) is 26.7 Å². The first-order valence-electron chi connectivity index (χ1n) is 5.88. The fourth-order valence-electron chi connectivity index (χ4n) is 1.87. The average molecular weight is 279 g/mol. The summed E-state index contributed by atoms with van der Waals surface area (Å²) < 4.78 is 15.9. The minimum Gasteiger partial charge on any atom is -0.370 e. The molecule has 1 unspecified atom stereocenters.